The maximum Gasteiger partial charge on any atom is 0.230 e. The highest BCUT2D eigenvalue weighted by atomic mass is 32.1. The summed E-state index contributed by atoms with van der Waals surface area (Å²) in [5, 5.41) is 8.91. The number of fused-ring (bicyclic) bond motifs is 1. The van der Waals surface area contributed by atoms with Crippen LogP contribution in [0.2, 0.25) is 0 Å². The van der Waals surface area contributed by atoms with Crippen LogP contribution in [0.25, 0.3) is 10.2 Å². The van der Waals surface area contributed by atoms with Crippen LogP contribution in [0.4, 0.5) is 0 Å². The molecule has 7 heteroatoms. The highest BCUT2D eigenvalue weighted by Gasteiger charge is 2.34. The van der Waals surface area contributed by atoms with E-state index in [0.29, 0.717) is 5.92 Å². The van der Waals surface area contributed by atoms with Gasteiger partial charge in [-0.1, -0.05) is 29.4 Å². The lowest BCUT2D eigenvalue weighted by Gasteiger charge is -2.30. The molecule has 1 N–H and O–H groups in total. The van der Waals surface area contributed by atoms with Gasteiger partial charge in [0.25, 0.3) is 0 Å². The average Bonchev–Trinajstić information content (AvgIpc) is 3.35. The van der Waals surface area contributed by atoms with E-state index in [9.17, 15) is 0 Å². The SMILES string of the molecule is CN1CCNCC1c1noc(C2CC=CCC2c2nc3ccccc3s2)n1. The number of hydrogen-bond acceptors (Lipinski definition) is 7. The van der Waals surface area contributed by atoms with Crippen LogP contribution in [0.3, 0.4) is 0 Å². The molecule has 2 aliphatic rings. The second kappa shape index (κ2) is 7.14. The van der Waals surface area contributed by atoms with E-state index in [0.717, 1.165) is 49.7 Å². The molecule has 3 aromatic rings. The molecule has 3 unspecified atom stereocenters. The van der Waals surface area contributed by atoms with Gasteiger partial charge in [0, 0.05) is 25.6 Å². The fraction of sp³-hybridized carbons (Fsp3) is 0.450. The predicted molar refractivity (Wildman–Crippen MR) is 106 cm³/mol. The smallest absolute Gasteiger partial charge is 0.230 e. The number of rotatable bonds is 3. The first-order valence-electron chi connectivity index (χ1n) is 9.54. The van der Waals surface area contributed by atoms with Crippen LogP contribution in [0.5, 0.6) is 0 Å². The number of aromatic nitrogens is 3. The van der Waals surface area contributed by atoms with Crippen LogP contribution in [-0.4, -0.2) is 46.7 Å². The zero-order chi connectivity index (χ0) is 18.2. The molecule has 1 fully saturated rings. The fourth-order valence-electron chi connectivity index (χ4n) is 4.04. The summed E-state index contributed by atoms with van der Waals surface area (Å²) < 4.78 is 7.00. The number of benzene rings is 1. The van der Waals surface area contributed by atoms with Gasteiger partial charge in [-0.15, -0.1) is 11.3 Å². The topological polar surface area (TPSA) is 67.1 Å². The van der Waals surface area contributed by atoms with Crippen molar-refractivity contribution in [2.24, 2.45) is 0 Å². The zero-order valence-electron chi connectivity index (χ0n) is 15.3. The van der Waals surface area contributed by atoms with E-state index in [-0.39, 0.29) is 12.0 Å². The summed E-state index contributed by atoms with van der Waals surface area (Å²) >= 11 is 1.78. The van der Waals surface area contributed by atoms with Gasteiger partial charge in [-0.3, -0.25) is 4.90 Å². The Bertz CT molecular complexity index is 931. The summed E-state index contributed by atoms with van der Waals surface area (Å²) in [6, 6.07) is 8.52. The summed E-state index contributed by atoms with van der Waals surface area (Å²) in [4.78, 5) is 12.0. The molecule has 0 amide bonds. The lowest BCUT2D eigenvalue weighted by Crippen LogP contribution is -2.44. The Hall–Kier alpha value is -2.09. The molecular weight excluding hydrogens is 358 g/mol. The molecule has 1 aliphatic carbocycles. The molecule has 27 heavy (non-hydrogen) atoms. The number of thiazole rings is 1. The van der Waals surface area contributed by atoms with Crippen molar-refractivity contribution in [3.8, 4) is 0 Å². The highest BCUT2D eigenvalue weighted by Crippen LogP contribution is 2.43. The number of hydrogen-bond donors (Lipinski definition) is 1. The van der Waals surface area contributed by atoms with Gasteiger partial charge in [0.2, 0.25) is 5.89 Å². The minimum absolute atomic E-state index is 0.177. The number of piperazine rings is 1. The Balaban J connectivity index is 1.45. The molecule has 0 radical (unpaired) electrons. The van der Waals surface area contributed by atoms with E-state index in [4.69, 9.17) is 14.5 Å². The molecule has 5 rings (SSSR count). The number of nitrogens with one attached hydrogen (secondary N) is 1. The first-order chi connectivity index (χ1) is 13.3. The van der Waals surface area contributed by atoms with E-state index < -0.39 is 0 Å². The van der Waals surface area contributed by atoms with Crippen molar-refractivity contribution in [3.63, 3.8) is 0 Å². The van der Waals surface area contributed by atoms with Crippen LogP contribution >= 0.6 is 11.3 Å². The third kappa shape index (κ3) is 3.20. The summed E-state index contributed by atoms with van der Waals surface area (Å²) in [7, 11) is 2.12. The van der Waals surface area contributed by atoms with Gasteiger partial charge in [0.15, 0.2) is 5.82 Å². The molecule has 0 bridgehead atoms. The van der Waals surface area contributed by atoms with Gasteiger partial charge in [-0.2, -0.15) is 4.98 Å². The largest absolute Gasteiger partial charge is 0.339 e. The van der Waals surface area contributed by atoms with Crippen molar-refractivity contribution in [2.45, 2.75) is 30.7 Å². The minimum atomic E-state index is 0.177. The molecular formula is C20H23N5OS. The van der Waals surface area contributed by atoms with Crippen molar-refractivity contribution >= 4 is 21.6 Å². The van der Waals surface area contributed by atoms with Crippen molar-refractivity contribution in [1.82, 2.24) is 25.3 Å². The Morgan fingerprint density at radius 3 is 2.85 bits per heavy atom. The third-order valence-corrected chi connectivity index (χ3v) is 6.81. The van der Waals surface area contributed by atoms with Crippen molar-refractivity contribution in [3.05, 3.63) is 53.1 Å². The van der Waals surface area contributed by atoms with E-state index in [1.54, 1.807) is 11.3 Å². The summed E-state index contributed by atoms with van der Waals surface area (Å²) in [5.41, 5.74) is 1.08. The Labute approximate surface area is 162 Å². The summed E-state index contributed by atoms with van der Waals surface area (Å²) in [6.07, 6.45) is 6.37. The van der Waals surface area contributed by atoms with Crippen molar-refractivity contribution in [1.29, 1.82) is 0 Å². The molecule has 1 aliphatic heterocycles. The van der Waals surface area contributed by atoms with E-state index >= 15 is 0 Å². The molecule has 1 saturated heterocycles. The molecule has 3 atom stereocenters. The fourth-order valence-corrected chi connectivity index (χ4v) is 5.18. The lowest BCUT2D eigenvalue weighted by atomic mass is 9.83. The zero-order valence-corrected chi connectivity index (χ0v) is 16.2. The summed E-state index contributed by atoms with van der Waals surface area (Å²) in [6.45, 7) is 2.86. The first kappa shape index (κ1) is 17.0. The van der Waals surface area contributed by atoms with Crippen LogP contribution in [0.1, 0.15) is 47.4 Å². The van der Waals surface area contributed by atoms with Gasteiger partial charge in [-0.05, 0) is 32.0 Å². The quantitative estimate of drug-likeness (QED) is 0.701. The minimum Gasteiger partial charge on any atom is -0.339 e. The molecule has 3 heterocycles. The van der Waals surface area contributed by atoms with Gasteiger partial charge in [0.05, 0.1) is 27.2 Å². The highest BCUT2D eigenvalue weighted by molar-refractivity contribution is 7.18. The van der Waals surface area contributed by atoms with Gasteiger partial charge in [0.1, 0.15) is 0 Å². The molecule has 2 aromatic heterocycles. The van der Waals surface area contributed by atoms with Crippen LogP contribution in [0.15, 0.2) is 40.9 Å². The molecule has 0 spiro atoms. The molecule has 0 saturated carbocycles. The maximum atomic E-state index is 5.76. The lowest BCUT2D eigenvalue weighted by molar-refractivity contribution is 0.190. The van der Waals surface area contributed by atoms with Gasteiger partial charge < -0.3 is 9.84 Å². The summed E-state index contributed by atoms with van der Waals surface area (Å²) in [5.74, 6) is 2.02. The van der Waals surface area contributed by atoms with E-state index in [2.05, 4.69) is 52.8 Å². The second-order valence-electron chi connectivity index (χ2n) is 7.37. The van der Waals surface area contributed by atoms with E-state index in [1.165, 1.54) is 9.71 Å². The number of para-hydroxylation sites is 1. The van der Waals surface area contributed by atoms with E-state index in [1.807, 2.05) is 6.07 Å². The third-order valence-electron chi connectivity index (χ3n) is 5.64. The van der Waals surface area contributed by atoms with Crippen LogP contribution in [-0.2, 0) is 0 Å². The average molecular weight is 382 g/mol. The first-order valence-corrected chi connectivity index (χ1v) is 10.4. The van der Waals surface area contributed by atoms with Crippen molar-refractivity contribution in [2.75, 3.05) is 26.7 Å². The maximum absolute atomic E-state index is 5.76. The van der Waals surface area contributed by atoms with Gasteiger partial charge >= 0.3 is 0 Å². The monoisotopic (exact) mass is 381 g/mol. The number of likely N-dealkylation sites (N-methyl/N-ethyl adjacent to an activating group) is 1. The molecule has 1 aromatic carbocycles. The standard InChI is InChI=1S/C20H23N5OS/c1-25-11-10-21-12-16(25)18-23-19(26-24-18)13-6-2-3-7-14(13)20-22-15-8-4-5-9-17(15)27-20/h2-5,8-9,13-14,16,21H,6-7,10-12H2,1H3. The normalized spacial score (nSPS) is 26.6. The number of allylic oxidation sites excluding steroid dienone is 2. The van der Waals surface area contributed by atoms with Gasteiger partial charge in [-0.25, -0.2) is 4.98 Å². The predicted octanol–water partition coefficient (Wildman–Crippen LogP) is 3.47. The Morgan fingerprint density at radius 1 is 1.15 bits per heavy atom. The van der Waals surface area contributed by atoms with Crippen molar-refractivity contribution < 1.29 is 4.52 Å². The molecule has 140 valence electrons. The number of nitrogens with zero attached hydrogens (tertiary/aromatic N) is 4. The van der Waals surface area contributed by atoms with Crippen LogP contribution in [0, 0.1) is 0 Å². The molecule has 6 nitrogen and oxygen atoms in total. The Morgan fingerprint density at radius 2 is 2.00 bits per heavy atom. The second-order valence-corrected chi connectivity index (χ2v) is 8.43. The van der Waals surface area contributed by atoms with Crippen LogP contribution < -0.4 is 5.32 Å². The Kier molecular flexibility index (Phi) is 4.51.